The third-order valence-electron chi connectivity index (χ3n) is 6.23. The zero-order chi connectivity index (χ0) is 23.8. The Kier molecular flexibility index (Phi) is 5.41. The molecular weight excluding hydrogens is 432 g/mol. The van der Waals surface area contributed by atoms with Crippen LogP contribution in [0.15, 0.2) is 66.7 Å². The predicted octanol–water partition coefficient (Wildman–Crippen LogP) is 5.14. The quantitative estimate of drug-likeness (QED) is 0.385. The van der Waals surface area contributed by atoms with Gasteiger partial charge in [0.25, 0.3) is 5.91 Å². The number of H-pyrrole nitrogens is 1. The number of carbonyl (C=O) groups excluding carboxylic acids is 2. The van der Waals surface area contributed by atoms with E-state index in [0.29, 0.717) is 23.0 Å². The molecule has 34 heavy (non-hydrogen) atoms. The second-order valence-electron chi connectivity index (χ2n) is 8.17. The van der Waals surface area contributed by atoms with E-state index in [2.05, 4.69) is 20.0 Å². The van der Waals surface area contributed by atoms with Crippen molar-refractivity contribution < 1.29 is 19.4 Å². The second kappa shape index (κ2) is 8.55. The number of anilines is 1. The fourth-order valence-electron chi connectivity index (χ4n) is 4.75. The number of benzene rings is 3. The highest BCUT2D eigenvalue weighted by atomic mass is 16.5. The minimum absolute atomic E-state index is 0.0231. The van der Waals surface area contributed by atoms with Gasteiger partial charge >= 0.3 is 6.09 Å². The number of hydrogen-bond donors (Lipinski definition) is 3. The van der Waals surface area contributed by atoms with Crippen molar-refractivity contribution in [3.05, 3.63) is 89.0 Å². The highest BCUT2D eigenvalue weighted by Gasteiger charge is 2.43. The highest BCUT2D eigenvalue weighted by Crippen LogP contribution is 2.47. The molecule has 172 valence electrons. The van der Waals surface area contributed by atoms with Crippen LogP contribution in [-0.4, -0.2) is 39.1 Å². The van der Waals surface area contributed by atoms with E-state index < -0.39 is 12.1 Å². The number of hydrogen-bond acceptors (Lipinski definition) is 5. The van der Waals surface area contributed by atoms with Gasteiger partial charge < -0.3 is 19.7 Å². The Balaban J connectivity index is 1.63. The number of fused-ring (bicyclic) bond motifs is 2. The average molecular weight is 457 g/mol. The Hall–Kier alpha value is -4.33. The maximum absolute atomic E-state index is 13.7. The van der Waals surface area contributed by atoms with Crippen LogP contribution >= 0.6 is 0 Å². The number of phenols is 1. The van der Waals surface area contributed by atoms with Gasteiger partial charge in [-0.1, -0.05) is 55.5 Å². The van der Waals surface area contributed by atoms with Gasteiger partial charge in [-0.05, 0) is 41.3 Å². The van der Waals surface area contributed by atoms with Crippen molar-refractivity contribution in [2.45, 2.75) is 25.4 Å². The number of carbonyl (C=O) groups is 2. The van der Waals surface area contributed by atoms with Crippen LogP contribution in [0.1, 0.15) is 52.5 Å². The summed E-state index contributed by atoms with van der Waals surface area (Å²) in [4.78, 5) is 34.6. The fourth-order valence-corrected chi connectivity index (χ4v) is 4.75. The highest BCUT2D eigenvalue weighted by molar-refractivity contribution is 6.02. The second-order valence-corrected chi connectivity index (χ2v) is 8.17. The molecule has 4 aromatic rings. The Labute approximate surface area is 196 Å². The molecule has 8 heteroatoms. The normalized spacial score (nSPS) is 15.9. The van der Waals surface area contributed by atoms with Crippen LogP contribution in [0.25, 0.3) is 11.0 Å². The number of aromatic amines is 1. The number of imidazole rings is 1. The number of aromatic hydroxyl groups is 1. The molecule has 2 heterocycles. The van der Waals surface area contributed by atoms with Crippen molar-refractivity contribution in [2.75, 3.05) is 12.4 Å². The van der Waals surface area contributed by atoms with Gasteiger partial charge in [-0.15, -0.1) is 0 Å². The lowest BCUT2D eigenvalue weighted by molar-refractivity contribution is 0.0651. The fraction of sp³-hybridized carbons (Fsp3) is 0.192. The molecule has 1 unspecified atom stereocenters. The third kappa shape index (κ3) is 3.53. The van der Waals surface area contributed by atoms with Gasteiger partial charge in [0.05, 0.1) is 35.8 Å². The molecule has 3 N–H and O–H groups in total. The van der Waals surface area contributed by atoms with Crippen LogP contribution in [0.5, 0.6) is 5.75 Å². The molecule has 2 atom stereocenters. The number of ether oxygens (including phenoxy) is 1. The lowest BCUT2D eigenvalue weighted by Crippen LogP contribution is -2.33. The van der Waals surface area contributed by atoms with Crippen molar-refractivity contribution in [3.8, 4) is 5.75 Å². The van der Waals surface area contributed by atoms with Crippen LogP contribution in [-0.2, 0) is 4.74 Å². The monoisotopic (exact) mass is 456 g/mol. The van der Waals surface area contributed by atoms with Crippen molar-refractivity contribution in [2.24, 2.45) is 0 Å². The summed E-state index contributed by atoms with van der Waals surface area (Å²) in [6.07, 6.45) is 0.0884. The third-order valence-corrected chi connectivity index (χ3v) is 6.23. The topological polar surface area (TPSA) is 108 Å². The van der Waals surface area contributed by atoms with Gasteiger partial charge in [0, 0.05) is 0 Å². The first-order chi connectivity index (χ1) is 16.5. The molecule has 0 radical (unpaired) electrons. The molecule has 0 spiro atoms. The van der Waals surface area contributed by atoms with Crippen LogP contribution in [0.4, 0.5) is 10.7 Å². The summed E-state index contributed by atoms with van der Waals surface area (Å²) in [6, 6.07) is 20.2. The summed E-state index contributed by atoms with van der Waals surface area (Å²) in [6.45, 7) is 2.05. The lowest BCUT2D eigenvalue weighted by atomic mass is 9.95. The van der Waals surface area contributed by atoms with Crippen LogP contribution in [0.3, 0.4) is 0 Å². The molecule has 1 aliphatic heterocycles. The molecule has 5 rings (SSSR count). The molecule has 1 aromatic heterocycles. The first-order valence-electron chi connectivity index (χ1n) is 11.1. The van der Waals surface area contributed by atoms with Crippen molar-refractivity contribution in [1.82, 2.24) is 14.9 Å². The Morgan fingerprint density at radius 3 is 2.71 bits per heavy atom. The van der Waals surface area contributed by atoms with Gasteiger partial charge in [-0.3, -0.25) is 10.1 Å². The number of aromatic nitrogens is 2. The first kappa shape index (κ1) is 21.5. The Morgan fingerprint density at radius 1 is 1.18 bits per heavy atom. The SMILES string of the molecule is CC[C@@H](c1ccccc1)N1C(=O)c2c(O)cccc2C1c1ccc2nc(NC(=O)OC)[nH]c2c1. The van der Waals surface area contributed by atoms with E-state index in [0.717, 1.165) is 16.7 Å². The number of methoxy groups -OCH3 is 1. The van der Waals surface area contributed by atoms with E-state index in [4.69, 9.17) is 0 Å². The van der Waals surface area contributed by atoms with Gasteiger partial charge in [0.2, 0.25) is 5.95 Å². The predicted molar refractivity (Wildman–Crippen MR) is 128 cm³/mol. The summed E-state index contributed by atoms with van der Waals surface area (Å²) in [5, 5.41) is 13.1. The van der Waals surface area contributed by atoms with Gasteiger partial charge in [-0.25, -0.2) is 9.78 Å². The number of phenolic OH excluding ortho intramolecular Hbond substituents is 1. The minimum Gasteiger partial charge on any atom is -0.507 e. The molecule has 0 bridgehead atoms. The first-order valence-corrected chi connectivity index (χ1v) is 11.1. The lowest BCUT2D eigenvalue weighted by Gasteiger charge is -2.34. The van der Waals surface area contributed by atoms with E-state index in [-0.39, 0.29) is 23.6 Å². The van der Waals surface area contributed by atoms with Gasteiger partial charge in [0.1, 0.15) is 5.75 Å². The zero-order valence-corrected chi connectivity index (χ0v) is 18.8. The van der Waals surface area contributed by atoms with Crippen molar-refractivity contribution in [1.29, 1.82) is 0 Å². The van der Waals surface area contributed by atoms with Crippen LogP contribution in [0, 0.1) is 0 Å². The summed E-state index contributed by atoms with van der Waals surface area (Å²) < 4.78 is 4.63. The number of rotatable bonds is 5. The molecule has 0 aliphatic carbocycles. The zero-order valence-electron chi connectivity index (χ0n) is 18.8. The van der Waals surface area contributed by atoms with E-state index in [9.17, 15) is 14.7 Å². The Bertz CT molecular complexity index is 1380. The molecule has 0 fully saturated rings. The smallest absolute Gasteiger partial charge is 0.413 e. The summed E-state index contributed by atoms with van der Waals surface area (Å²) in [5.74, 6) is 0.0452. The van der Waals surface area contributed by atoms with E-state index in [1.165, 1.54) is 7.11 Å². The Morgan fingerprint density at radius 2 is 1.97 bits per heavy atom. The van der Waals surface area contributed by atoms with Crippen LogP contribution in [0.2, 0.25) is 0 Å². The molecule has 3 aromatic carbocycles. The van der Waals surface area contributed by atoms with Crippen molar-refractivity contribution >= 4 is 29.0 Å². The largest absolute Gasteiger partial charge is 0.507 e. The number of nitrogens with one attached hydrogen (secondary N) is 2. The standard InChI is InChI=1S/C26H24N4O4/c1-3-20(15-8-5-4-6-9-15)30-23(17-10-7-11-21(31)22(17)24(30)32)16-12-13-18-19(14-16)28-25(27-18)29-26(33)34-2/h4-14,20,23,31H,3H2,1-2H3,(H2,27,28,29,33)/t20-,23?/m0/s1. The van der Waals surface area contributed by atoms with Crippen LogP contribution < -0.4 is 5.32 Å². The average Bonchev–Trinajstić information content (AvgIpc) is 3.38. The molecule has 8 nitrogen and oxygen atoms in total. The van der Waals surface area contributed by atoms with E-state index in [1.807, 2.05) is 66.4 Å². The van der Waals surface area contributed by atoms with Gasteiger partial charge in [0.15, 0.2) is 0 Å². The molecule has 0 saturated carbocycles. The van der Waals surface area contributed by atoms with E-state index in [1.54, 1.807) is 12.1 Å². The molecule has 2 amide bonds. The molecule has 0 saturated heterocycles. The number of amides is 2. The summed E-state index contributed by atoms with van der Waals surface area (Å²) >= 11 is 0. The van der Waals surface area contributed by atoms with Gasteiger partial charge in [-0.2, -0.15) is 0 Å². The number of nitrogens with zero attached hydrogens (tertiary/aromatic N) is 2. The van der Waals surface area contributed by atoms with E-state index >= 15 is 0 Å². The molecular formula is C26H24N4O4. The minimum atomic E-state index is -0.620. The maximum Gasteiger partial charge on any atom is 0.413 e. The summed E-state index contributed by atoms with van der Waals surface area (Å²) in [5.41, 5.74) is 4.36. The summed E-state index contributed by atoms with van der Waals surface area (Å²) in [7, 11) is 1.28. The van der Waals surface area contributed by atoms with Crippen molar-refractivity contribution in [3.63, 3.8) is 0 Å². The maximum atomic E-state index is 13.7. The molecule has 1 aliphatic rings.